The Kier molecular flexibility index (Phi) is 5.49. The van der Waals surface area contributed by atoms with Crippen molar-refractivity contribution in [3.05, 3.63) is 0 Å². The summed E-state index contributed by atoms with van der Waals surface area (Å²) in [5, 5.41) is 15.1. The smallest absolute Gasteiger partial charge is 0.0350 e. The highest BCUT2D eigenvalue weighted by Gasteiger charge is 1.74. The van der Waals surface area contributed by atoms with Crippen LogP contribution in [0.4, 0.5) is 0 Å². The highest BCUT2D eigenvalue weighted by Crippen LogP contribution is 1.47. The van der Waals surface area contributed by atoms with E-state index in [1.807, 2.05) is 0 Å². The Labute approximate surface area is 38.6 Å². The summed E-state index contributed by atoms with van der Waals surface area (Å²) in [7, 11) is 0. The molecule has 0 aromatic carbocycles. The van der Waals surface area contributed by atoms with Crippen molar-refractivity contribution < 1.29 is 20.3 Å². The van der Waals surface area contributed by atoms with Gasteiger partial charge in [-0.15, -0.1) is 0 Å². The molecule has 0 amide bonds. The van der Waals surface area contributed by atoms with Crippen molar-refractivity contribution >= 4 is 0 Å². The van der Waals surface area contributed by atoms with Gasteiger partial charge in [-0.05, 0) is 5.64 Å². The van der Waals surface area contributed by atoms with E-state index in [0.29, 0.717) is 0 Å². The summed E-state index contributed by atoms with van der Waals surface area (Å²) in [5.74, 6) is 0. The molecule has 0 aromatic rings. The summed E-state index contributed by atoms with van der Waals surface area (Å²) in [6, 6.07) is 0. The van der Waals surface area contributed by atoms with E-state index in [2.05, 4.69) is 9.88 Å². The first kappa shape index (κ1) is 6.72. The molecule has 0 radical (unpaired) electrons. The van der Waals surface area contributed by atoms with E-state index >= 15 is 0 Å². The van der Waals surface area contributed by atoms with Gasteiger partial charge in [0.25, 0.3) is 0 Å². The maximum absolute atomic E-state index is 7.57. The van der Waals surface area contributed by atoms with Crippen LogP contribution in [0.2, 0.25) is 0 Å². The number of hydrogen-bond acceptors (Lipinski definition) is 7. The van der Waals surface area contributed by atoms with E-state index < -0.39 is 0 Å². The molecule has 5 N–H and O–H groups in total. The maximum Gasteiger partial charge on any atom is -0.0350 e. The predicted octanol–water partition coefficient (Wildman–Crippen LogP) is -1.77. The lowest BCUT2D eigenvalue weighted by molar-refractivity contribution is -0.327. The molecule has 7 nitrogen and oxygen atoms in total. The number of nitrogens with one attached hydrogen (secondary N) is 3. The van der Waals surface area contributed by atoms with Crippen molar-refractivity contribution in [1.82, 2.24) is 16.9 Å². The molecule has 0 fully saturated rings. The molecule has 0 bridgehead atoms. The van der Waals surface area contributed by atoms with Gasteiger partial charge < -0.3 is 0 Å². The molecule has 7 heteroatoms. The first-order valence-corrected chi connectivity index (χ1v) is 1.26. The molecule has 0 rings (SSSR count). The lowest BCUT2D eigenvalue weighted by atomic mass is 12.9. The molecule has 0 saturated heterocycles. The van der Waals surface area contributed by atoms with Gasteiger partial charge in [-0.1, -0.05) is 11.3 Å². The molecule has 0 atom stereocenters. The average molecular weight is 111 g/mol. The van der Waals surface area contributed by atoms with Crippen LogP contribution in [-0.4, -0.2) is 10.4 Å². The van der Waals surface area contributed by atoms with E-state index in [4.69, 9.17) is 10.4 Å². The van der Waals surface area contributed by atoms with Crippen LogP contribution in [0.25, 0.3) is 0 Å². The fourth-order valence-corrected chi connectivity index (χ4v) is 0.0581. The lowest BCUT2D eigenvalue weighted by Gasteiger charge is -1.96. The molecule has 0 aromatic heterocycles. The number of rotatable bonds is 4. The van der Waals surface area contributed by atoms with Gasteiger partial charge in [-0.2, -0.15) is 9.88 Å². The summed E-state index contributed by atoms with van der Waals surface area (Å²) in [6.45, 7) is 0. The van der Waals surface area contributed by atoms with Gasteiger partial charge in [-0.25, -0.2) is 0 Å². The Morgan fingerprint density at radius 1 is 1.00 bits per heavy atom. The van der Waals surface area contributed by atoms with Gasteiger partial charge >= 0.3 is 0 Å². The van der Waals surface area contributed by atoms with E-state index in [-0.39, 0.29) is 0 Å². The number of hydrogen-bond donors (Lipinski definition) is 5. The van der Waals surface area contributed by atoms with Crippen molar-refractivity contribution in [2.24, 2.45) is 0 Å². The third-order valence-electron chi connectivity index (χ3n) is 0.175. The zero-order valence-electron chi connectivity index (χ0n) is 3.21. The summed E-state index contributed by atoms with van der Waals surface area (Å²) in [5.41, 5.74) is 3.99. The maximum atomic E-state index is 7.57. The second kappa shape index (κ2) is 5.72. The Balaban J connectivity index is 2.45. The standard InChI is InChI=1S/H5N3O4/c4-1-6-3-7-2-5/h1-5H. The first-order chi connectivity index (χ1) is 3.41. The van der Waals surface area contributed by atoms with Crippen LogP contribution in [0.3, 0.4) is 0 Å². The molecule has 0 aliphatic rings. The molecule has 7 heavy (non-hydrogen) atoms. The van der Waals surface area contributed by atoms with Crippen molar-refractivity contribution in [3.8, 4) is 0 Å². The normalized spacial score (nSPS) is 9.43. The largest absolute Gasteiger partial charge is 0.291 e. The second-order valence-electron chi connectivity index (χ2n) is 0.470. The van der Waals surface area contributed by atoms with Crippen molar-refractivity contribution in [2.45, 2.75) is 0 Å². The van der Waals surface area contributed by atoms with Crippen LogP contribution in [0.15, 0.2) is 0 Å². The summed E-state index contributed by atoms with van der Waals surface area (Å²) in [4.78, 5) is 7.37. The minimum absolute atomic E-state index is 1.22. The highest BCUT2D eigenvalue weighted by molar-refractivity contribution is 3.55. The van der Waals surface area contributed by atoms with Gasteiger partial charge in [0.15, 0.2) is 0 Å². The van der Waals surface area contributed by atoms with Gasteiger partial charge in [0.2, 0.25) is 0 Å². The second-order valence-corrected chi connectivity index (χ2v) is 0.470. The van der Waals surface area contributed by atoms with Crippen LogP contribution >= 0.6 is 0 Å². The quantitative estimate of drug-likeness (QED) is 0.216. The average Bonchev–Trinajstić information content (AvgIpc) is 1.69. The van der Waals surface area contributed by atoms with Gasteiger partial charge in [0, 0.05) is 0 Å². The Bertz CT molecular complexity index is 26.1. The Hall–Kier alpha value is -0.280. The molecule has 0 saturated carbocycles. The molecule has 0 aliphatic heterocycles. The van der Waals surface area contributed by atoms with Crippen LogP contribution in [0.1, 0.15) is 0 Å². The topological polar surface area (TPSA) is 95.0 Å². The van der Waals surface area contributed by atoms with Gasteiger partial charge in [0.05, 0.1) is 0 Å². The predicted molar refractivity (Wildman–Crippen MR) is 15.2 cm³/mol. The summed E-state index contributed by atoms with van der Waals surface area (Å²) in [6.07, 6.45) is 0. The molecule has 44 valence electrons. The highest BCUT2D eigenvalue weighted by atomic mass is 17.1. The van der Waals surface area contributed by atoms with E-state index in [0.717, 1.165) is 0 Å². The van der Waals surface area contributed by atoms with Gasteiger partial charge in [0.1, 0.15) is 0 Å². The van der Waals surface area contributed by atoms with E-state index in [1.54, 1.807) is 5.64 Å². The summed E-state index contributed by atoms with van der Waals surface area (Å²) >= 11 is 0. The molecular formula is H5N3O4. The first-order valence-electron chi connectivity index (χ1n) is 1.26. The molecule has 0 unspecified atom stereocenters. The molecular weight excluding hydrogens is 106 g/mol. The molecule has 0 aliphatic carbocycles. The zero-order chi connectivity index (χ0) is 5.54. The fraction of sp³-hybridized carbons (Fsp3) is 0. The Morgan fingerprint density at radius 3 is 1.71 bits per heavy atom. The fourth-order valence-electron chi connectivity index (χ4n) is 0.0581. The van der Waals surface area contributed by atoms with E-state index in [1.165, 1.54) is 11.3 Å². The minimum atomic E-state index is 1.22. The van der Waals surface area contributed by atoms with E-state index in [9.17, 15) is 0 Å². The van der Waals surface area contributed by atoms with Crippen molar-refractivity contribution in [3.63, 3.8) is 0 Å². The van der Waals surface area contributed by atoms with Crippen LogP contribution < -0.4 is 16.9 Å². The Morgan fingerprint density at radius 2 is 1.43 bits per heavy atom. The zero-order valence-corrected chi connectivity index (χ0v) is 3.21. The SMILES string of the molecule is ONONONO. The molecule has 0 spiro atoms. The third kappa shape index (κ3) is 5.72. The summed E-state index contributed by atoms with van der Waals surface area (Å²) < 4.78 is 0. The van der Waals surface area contributed by atoms with Crippen molar-refractivity contribution in [1.29, 1.82) is 0 Å². The van der Waals surface area contributed by atoms with Crippen LogP contribution in [-0.2, 0) is 9.88 Å². The monoisotopic (exact) mass is 111 g/mol. The minimum Gasteiger partial charge on any atom is -0.291 e. The van der Waals surface area contributed by atoms with Crippen LogP contribution in [0.5, 0.6) is 0 Å². The van der Waals surface area contributed by atoms with Crippen molar-refractivity contribution in [2.75, 3.05) is 0 Å². The van der Waals surface area contributed by atoms with Gasteiger partial charge in [-0.3, -0.25) is 10.4 Å². The molecule has 0 heterocycles. The van der Waals surface area contributed by atoms with Crippen LogP contribution in [0, 0.1) is 0 Å². The lowest BCUT2D eigenvalue weighted by Crippen LogP contribution is -2.28. The third-order valence-corrected chi connectivity index (χ3v) is 0.175.